The van der Waals surface area contributed by atoms with Crippen molar-refractivity contribution in [3.63, 3.8) is 0 Å². The molecule has 0 amide bonds. The van der Waals surface area contributed by atoms with Gasteiger partial charge in [-0.15, -0.1) is 0 Å². The average molecular weight is 243 g/mol. The smallest absolute Gasteiger partial charge is 0.144 e. The summed E-state index contributed by atoms with van der Waals surface area (Å²) in [5, 5.41) is 15.3. The molecule has 0 rings (SSSR count). The van der Waals surface area contributed by atoms with Gasteiger partial charge in [0.1, 0.15) is 5.84 Å². The Morgan fingerprint density at radius 3 is 2.29 bits per heavy atom. The summed E-state index contributed by atoms with van der Waals surface area (Å²) in [4.78, 5) is 0. The third kappa shape index (κ3) is 6.51. The van der Waals surface area contributed by atoms with Crippen LogP contribution in [0, 0.1) is 5.41 Å². The lowest BCUT2D eigenvalue weighted by Crippen LogP contribution is -2.39. The third-order valence-electron chi connectivity index (χ3n) is 3.52. The maximum absolute atomic E-state index is 8.66. The van der Waals surface area contributed by atoms with Gasteiger partial charge in [0, 0.05) is 11.0 Å². The average Bonchev–Trinajstić information content (AvgIpc) is 2.27. The fourth-order valence-corrected chi connectivity index (χ4v) is 1.51. The van der Waals surface area contributed by atoms with Crippen molar-refractivity contribution in [2.24, 2.45) is 16.3 Å². The van der Waals surface area contributed by atoms with E-state index in [1.807, 2.05) is 13.8 Å². The van der Waals surface area contributed by atoms with E-state index in [2.05, 4.69) is 31.2 Å². The van der Waals surface area contributed by atoms with Gasteiger partial charge in [0.2, 0.25) is 0 Å². The Morgan fingerprint density at radius 2 is 1.82 bits per heavy atom. The highest BCUT2D eigenvalue weighted by molar-refractivity contribution is 5.85. The van der Waals surface area contributed by atoms with E-state index < -0.39 is 0 Å². The monoisotopic (exact) mass is 243 g/mol. The number of rotatable bonds is 8. The number of nitrogens with two attached hydrogens (primary N) is 1. The van der Waals surface area contributed by atoms with Gasteiger partial charge >= 0.3 is 0 Å². The predicted molar refractivity (Wildman–Crippen MR) is 73.4 cm³/mol. The Kier molecular flexibility index (Phi) is 6.53. The number of hydrogen-bond donors (Lipinski definition) is 3. The van der Waals surface area contributed by atoms with Crippen LogP contribution in [0.15, 0.2) is 5.16 Å². The quantitative estimate of drug-likeness (QED) is 0.202. The van der Waals surface area contributed by atoms with E-state index in [1.54, 1.807) is 0 Å². The van der Waals surface area contributed by atoms with Crippen LogP contribution in [0.4, 0.5) is 0 Å². The van der Waals surface area contributed by atoms with Gasteiger partial charge in [0.05, 0.1) is 0 Å². The summed E-state index contributed by atoms with van der Waals surface area (Å²) in [6.45, 7) is 11.7. The number of nitrogens with one attached hydrogen (secondary N) is 1. The fourth-order valence-electron chi connectivity index (χ4n) is 1.51. The zero-order chi connectivity index (χ0) is 13.5. The lowest BCUT2D eigenvalue weighted by molar-refractivity contribution is 0.303. The Hall–Kier alpha value is -0.770. The molecule has 0 atom stereocenters. The molecule has 0 heterocycles. The molecule has 4 heteroatoms. The summed E-state index contributed by atoms with van der Waals surface area (Å²) < 4.78 is 0. The highest BCUT2D eigenvalue weighted by Crippen LogP contribution is 2.23. The molecule has 0 unspecified atom stereocenters. The molecule has 0 saturated carbocycles. The van der Waals surface area contributed by atoms with Crippen LogP contribution in [0.3, 0.4) is 0 Å². The molecule has 0 aromatic rings. The van der Waals surface area contributed by atoms with Gasteiger partial charge in [-0.2, -0.15) is 0 Å². The largest absolute Gasteiger partial charge is 0.409 e. The highest BCUT2D eigenvalue weighted by Gasteiger charge is 2.22. The van der Waals surface area contributed by atoms with E-state index in [0.717, 1.165) is 32.2 Å². The summed E-state index contributed by atoms with van der Waals surface area (Å²) in [5.41, 5.74) is 5.65. The normalized spacial score (nSPS) is 14.1. The summed E-state index contributed by atoms with van der Waals surface area (Å²) in [5.74, 6) is 0.319. The van der Waals surface area contributed by atoms with Crippen LogP contribution in [0.5, 0.6) is 0 Å². The first kappa shape index (κ1) is 16.2. The zero-order valence-corrected chi connectivity index (χ0v) is 12.0. The number of unbranched alkanes of at least 4 members (excludes halogenated alkanes) is 1. The van der Waals surface area contributed by atoms with Crippen molar-refractivity contribution in [3.8, 4) is 0 Å². The molecule has 4 N–H and O–H groups in total. The van der Waals surface area contributed by atoms with Crippen molar-refractivity contribution in [1.29, 1.82) is 0 Å². The SMILES string of the molecule is CCC(C)(C)NCCCCC(C)(C)C(N)=NO. The molecule has 0 aromatic carbocycles. The fraction of sp³-hybridized carbons (Fsp3) is 0.923. The number of nitrogens with zero attached hydrogens (tertiary/aromatic N) is 1. The van der Waals surface area contributed by atoms with Gasteiger partial charge < -0.3 is 16.3 Å². The van der Waals surface area contributed by atoms with E-state index in [-0.39, 0.29) is 11.0 Å². The van der Waals surface area contributed by atoms with Gasteiger partial charge in [-0.25, -0.2) is 0 Å². The molecule has 0 spiro atoms. The summed E-state index contributed by atoms with van der Waals surface area (Å²) in [7, 11) is 0. The molecule has 0 aromatic heterocycles. The van der Waals surface area contributed by atoms with E-state index in [0.29, 0.717) is 5.84 Å². The molecule has 4 nitrogen and oxygen atoms in total. The summed E-state index contributed by atoms with van der Waals surface area (Å²) >= 11 is 0. The Balaban J connectivity index is 3.79. The Labute approximate surface area is 106 Å². The van der Waals surface area contributed by atoms with Crippen LogP contribution >= 0.6 is 0 Å². The molecule has 0 fully saturated rings. The lowest BCUT2D eigenvalue weighted by atomic mass is 9.86. The maximum Gasteiger partial charge on any atom is 0.144 e. The van der Waals surface area contributed by atoms with Crippen LogP contribution in [0.2, 0.25) is 0 Å². The van der Waals surface area contributed by atoms with Crippen molar-refractivity contribution in [2.75, 3.05) is 6.54 Å². The standard InChI is InChI=1S/C13H29N3O/c1-6-13(4,5)15-10-8-7-9-12(2,3)11(14)16-17/h15,17H,6-10H2,1-5H3,(H2,14,16). The van der Waals surface area contributed by atoms with Crippen LogP contribution in [-0.4, -0.2) is 23.1 Å². The topological polar surface area (TPSA) is 70.6 Å². The van der Waals surface area contributed by atoms with E-state index in [4.69, 9.17) is 10.9 Å². The Morgan fingerprint density at radius 1 is 1.24 bits per heavy atom. The first-order valence-electron chi connectivity index (χ1n) is 6.48. The van der Waals surface area contributed by atoms with Crippen molar-refractivity contribution in [1.82, 2.24) is 5.32 Å². The van der Waals surface area contributed by atoms with Gasteiger partial charge in [-0.3, -0.25) is 0 Å². The first-order chi connectivity index (χ1) is 7.75. The molecule has 17 heavy (non-hydrogen) atoms. The second-order valence-corrected chi connectivity index (χ2v) is 5.99. The second-order valence-electron chi connectivity index (χ2n) is 5.99. The molecular formula is C13H29N3O. The molecule has 0 radical (unpaired) electrons. The summed E-state index contributed by atoms with van der Waals surface area (Å²) in [6, 6.07) is 0. The van der Waals surface area contributed by atoms with Crippen LogP contribution < -0.4 is 11.1 Å². The van der Waals surface area contributed by atoms with Gasteiger partial charge in [0.15, 0.2) is 0 Å². The second kappa shape index (κ2) is 6.84. The van der Waals surface area contributed by atoms with Crippen LogP contribution in [-0.2, 0) is 0 Å². The van der Waals surface area contributed by atoms with Crippen molar-refractivity contribution in [2.45, 2.75) is 65.8 Å². The number of hydrogen-bond acceptors (Lipinski definition) is 3. The number of oxime groups is 1. The zero-order valence-electron chi connectivity index (χ0n) is 12.0. The molecule has 102 valence electrons. The predicted octanol–water partition coefficient (Wildman–Crippen LogP) is 2.71. The van der Waals surface area contributed by atoms with E-state index in [1.165, 1.54) is 0 Å². The Bertz CT molecular complexity index is 247. The van der Waals surface area contributed by atoms with Crippen molar-refractivity contribution in [3.05, 3.63) is 0 Å². The maximum atomic E-state index is 8.66. The van der Waals surface area contributed by atoms with E-state index >= 15 is 0 Å². The van der Waals surface area contributed by atoms with E-state index in [9.17, 15) is 0 Å². The minimum Gasteiger partial charge on any atom is -0.409 e. The minimum atomic E-state index is -0.213. The minimum absolute atomic E-state index is 0.213. The first-order valence-corrected chi connectivity index (χ1v) is 6.48. The van der Waals surface area contributed by atoms with Gasteiger partial charge in [0.25, 0.3) is 0 Å². The molecule has 0 aliphatic carbocycles. The van der Waals surface area contributed by atoms with Gasteiger partial charge in [-0.1, -0.05) is 32.3 Å². The third-order valence-corrected chi connectivity index (χ3v) is 3.52. The summed E-state index contributed by atoms with van der Waals surface area (Å²) in [6.07, 6.45) is 4.27. The highest BCUT2D eigenvalue weighted by atomic mass is 16.4. The molecule has 0 aliphatic heterocycles. The molecule has 0 bridgehead atoms. The molecule has 0 saturated heterocycles. The lowest BCUT2D eigenvalue weighted by Gasteiger charge is -2.26. The van der Waals surface area contributed by atoms with Crippen LogP contribution in [0.1, 0.15) is 60.3 Å². The van der Waals surface area contributed by atoms with Crippen LogP contribution in [0.25, 0.3) is 0 Å². The van der Waals surface area contributed by atoms with Crippen molar-refractivity contribution < 1.29 is 5.21 Å². The molecule has 0 aliphatic rings. The van der Waals surface area contributed by atoms with Gasteiger partial charge in [-0.05, 0) is 39.7 Å². The van der Waals surface area contributed by atoms with Crippen molar-refractivity contribution >= 4 is 5.84 Å². The molecular weight excluding hydrogens is 214 g/mol. The number of amidine groups is 1.